The summed E-state index contributed by atoms with van der Waals surface area (Å²) in [6, 6.07) is 7.58. The van der Waals surface area contributed by atoms with Gasteiger partial charge in [0.05, 0.1) is 16.7 Å². The Labute approximate surface area is 173 Å². The van der Waals surface area contributed by atoms with Crippen molar-refractivity contribution >= 4 is 44.7 Å². The number of halogens is 3. The Morgan fingerprint density at radius 3 is 2.79 bits per heavy atom. The second kappa shape index (κ2) is 9.11. The molecule has 0 fully saturated rings. The molecule has 2 heterocycles. The highest BCUT2D eigenvalue weighted by Gasteiger charge is 2.18. The Balaban J connectivity index is 1.68. The Morgan fingerprint density at radius 1 is 1.25 bits per heavy atom. The van der Waals surface area contributed by atoms with Gasteiger partial charge in [-0.3, -0.25) is 4.79 Å². The van der Waals surface area contributed by atoms with Gasteiger partial charge in [0.1, 0.15) is 11.4 Å². The predicted octanol–water partition coefficient (Wildman–Crippen LogP) is 4.35. The lowest BCUT2D eigenvalue weighted by molar-refractivity contribution is 0.0955. The van der Waals surface area contributed by atoms with Crippen LogP contribution in [-0.4, -0.2) is 17.4 Å². The van der Waals surface area contributed by atoms with E-state index in [1.165, 1.54) is 12.3 Å². The van der Waals surface area contributed by atoms with Crippen LogP contribution in [0, 0.1) is 11.6 Å². The zero-order chi connectivity index (χ0) is 20.1. The number of thiophene rings is 1. The van der Waals surface area contributed by atoms with Crippen LogP contribution < -0.4 is 16.4 Å². The molecule has 1 amide bonds. The van der Waals surface area contributed by atoms with Crippen LogP contribution >= 0.6 is 27.3 Å². The molecule has 0 spiro atoms. The molecular formula is C19H17BrF2N4OS. The van der Waals surface area contributed by atoms with Gasteiger partial charge in [-0.25, -0.2) is 13.8 Å². The van der Waals surface area contributed by atoms with E-state index in [2.05, 4.69) is 31.5 Å². The number of carbonyl (C=O) groups is 1. The highest BCUT2D eigenvalue weighted by Crippen LogP contribution is 2.28. The number of nitrogens with one attached hydrogen (secondary N) is 2. The Kier molecular flexibility index (Phi) is 6.58. The fourth-order valence-corrected chi connectivity index (χ4v) is 3.50. The molecule has 3 rings (SSSR count). The number of amides is 1. The van der Waals surface area contributed by atoms with Crippen molar-refractivity contribution in [1.82, 2.24) is 10.3 Å². The van der Waals surface area contributed by atoms with E-state index in [0.717, 1.165) is 17.0 Å². The fourth-order valence-electron chi connectivity index (χ4n) is 2.55. The van der Waals surface area contributed by atoms with Crippen LogP contribution in [-0.2, 0) is 13.0 Å². The van der Waals surface area contributed by atoms with Crippen LogP contribution in [0.5, 0.6) is 0 Å². The van der Waals surface area contributed by atoms with Gasteiger partial charge in [0.25, 0.3) is 5.91 Å². The third kappa shape index (κ3) is 4.85. The van der Waals surface area contributed by atoms with E-state index in [1.54, 1.807) is 11.3 Å². The summed E-state index contributed by atoms with van der Waals surface area (Å²) >= 11 is 4.88. The summed E-state index contributed by atoms with van der Waals surface area (Å²) < 4.78 is 26.8. The van der Waals surface area contributed by atoms with Crippen molar-refractivity contribution in [2.75, 3.05) is 17.6 Å². The van der Waals surface area contributed by atoms with E-state index in [1.807, 2.05) is 17.5 Å². The van der Waals surface area contributed by atoms with Gasteiger partial charge in [0, 0.05) is 17.6 Å². The monoisotopic (exact) mass is 466 g/mol. The molecule has 0 radical (unpaired) electrons. The molecule has 0 aliphatic heterocycles. The normalized spacial score (nSPS) is 10.7. The number of hydrogen-bond acceptors (Lipinski definition) is 5. The van der Waals surface area contributed by atoms with Crippen LogP contribution in [0.2, 0.25) is 0 Å². The zero-order valence-corrected chi connectivity index (χ0v) is 17.0. The number of nitrogens with two attached hydrogens (primary N) is 1. The number of pyridine rings is 1. The molecule has 1 aromatic carbocycles. The van der Waals surface area contributed by atoms with E-state index in [-0.39, 0.29) is 17.8 Å². The fraction of sp³-hybridized carbons (Fsp3) is 0.158. The minimum Gasteiger partial charge on any atom is -0.397 e. The molecule has 9 heteroatoms. The van der Waals surface area contributed by atoms with Crippen LogP contribution in [0.1, 0.15) is 20.8 Å². The maximum absolute atomic E-state index is 13.3. The number of nitrogens with zero attached hydrogens (tertiary/aromatic N) is 1. The topological polar surface area (TPSA) is 80.0 Å². The summed E-state index contributed by atoms with van der Waals surface area (Å²) in [5.74, 6) is -1.84. The van der Waals surface area contributed by atoms with Crippen LogP contribution in [0.25, 0.3) is 0 Å². The number of nitrogen functional groups attached to an aromatic ring is 1. The molecule has 0 aliphatic rings. The molecule has 146 valence electrons. The van der Waals surface area contributed by atoms with Crippen LogP contribution in [0.3, 0.4) is 0 Å². The molecule has 28 heavy (non-hydrogen) atoms. The Bertz CT molecular complexity index is 982. The van der Waals surface area contributed by atoms with Gasteiger partial charge in [-0.2, -0.15) is 0 Å². The largest absolute Gasteiger partial charge is 0.397 e. The first-order valence-corrected chi connectivity index (χ1v) is 10.1. The maximum atomic E-state index is 13.3. The van der Waals surface area contributed by atoms with Crippen molar-refractivity contribution in [3.63, 3.8) is 0 Å². The van der Waals surface area contributed by atoms with Gasteiger partial charge < -0.3 is 16.4 Å². The summed E-state index contributed by atoms with van der Waals surface area (Å²) in [5, 5.41) is 7.85. The van der Waals surface area contributed by atoms with E-state index >= 15 is 0 Å². The third-order valence-electron chi connectivity index (χ3n) is 3.99. The highest BCUT2D eigenvalue weighted by molar-refractivity contribution is 9.10. The molecule has 0 unspecified atom stereocenters. The summed E-state index contributed by atoms with van der Waals surface area (Å²) in [6.45, 7) is 0.751. The van der Waals surface area contributed by atoms with Gasteiger partial charge in [0.2, 0.25) is 0 Å². The first kappa shape index (κ1) is 20.2. The molecule has 0 atom stereocenters. The number of benzene rings is 1. The van der Waals surface area contributed by atoms with Crippen molar-refractivity contribution < 1.29 is 13.6 Å². The SMILES string of the molecule is Nc1c(Br)cnc(NCc2cccs2)c1C(=O)NCCc1ccc(F)c(F)c1. The van der Waals surface area contributed by atoms with Crippen molar-refractivity contribution in [3.8, 4) is 0 Å². The number of anilines is 2. The van der Waals surface area contributed by atoms with Crippen LogP contribution in [0.4, 0.5) is 20.3 Å². The standard InChI is InChI=1S/C19H17BrF2N4OS/c20-13-10-26-18(25-9-12-2-1-7-28-12)16(17(13)23)19(27)24-6-5-11-3-4-14(21)15(22)8-11/h1-4,7-8,10H,5-6,9H2,(H,24,27)(H3,23,25,26). The minimum atomic E-state index is -0.913. The van der Waals surface area contributed by atoms with Crippen molar-refractivity contribution in [1.29, 1.82) is 0 Å². The molecule has 0 saturated heterocycles. The lowest BCUT2D eigenvalue weighted by Crippen LogP contribution is -2.28. The van der Waals surface area contributed by atoms with Crippen molar-refractivity contribution in [3.05, 3.63) is 74.0 Å². The summed E-state index contributed by atoms with van der Waals surface area (Å²) in [6.07, 6.45) is 1.88. The molecular weight excluding hydrogens is 450 g/mol. The highest BCUT2D eigenvalue weighted by atomic mass is 79.9. The van der Waals surface area contributed by atoms with Gasteiger partial charge in [-0.15, -0.1) is 11.3 Å². The second-order valence-electron chi connectivity index (χ2n) is 5.93. The average Bonchev–Trinajstić information content (AvgIpc) is 3.19. The number of carbonyl (C=O) groups excluding carboxylic acids is 1. The average molecular weight is 467 g/mol. The second-order valence-corrected chi connectivity index (χ2v) is 7.82. The first-order chi connectivity index (χ1) is 13.5. The van der Waals surface area contributed by atoms with Gasteiger partial charge >= 0.3 is 0 Å². The zero-order valence-electron chi connectivity index (χ0n) is 14.6. The van der Waals surface area contributed by atoms with Gasteiger partial charge in [0.15, 0.2) is 11.6 Å². The summed E-state index contributed by atoms with van der Waals surface area (Å²) in [4.78, 5) is 18.0. The Hall–Kier alpha value is -2.52. The lowest BCUT2D eigenvalue weighted by atomic mass is 10.1. The van der Waals surface area contributed by atoms with Crippen molar-refractivity contribution in [2.24, 2.45) is 0 Å². The van der Waals surface area contributed by atoms with E-state index in [4.69, 9.17) is 5.73 Å². The van der Waals surface area contributed by atoms with E-state index in [9.17, 15) is 13.6 Å². The lowest BCUT2D eigenvalue weighted by Gasteiger charge is -2.14. The summed E-state index contributed by atoms with van der Waals surface area (Å²) in [5.41, 5.74) is 7.16. The predicted molar refractivity (Wildman–Crippen MR) is 110 cm³/mol. The maximum Gasteiger partial charge on any atom is 0.257 e. The molecule has 2 aromatic heterocycles. The van der Waals surface area contributed by atoms with Crippen molar-refractivity contribution in [2.45, 2.75) is 13.0 Å². The smallest absolute Gasteiger partial charge is 0.257 e. The Morgan fingerprint density at radius 2 is 2.07 bits per heavy atom. The number of aromatic nitrogens is 1. The van der Waals surface area contributed by atoms with E-state index in [0.29, 0.717) is 28.8 Å². The van der Waals surface area contributed by atoms with Crippen LogP contribution in [0.15, 0.2) is 46.4 Å². The molecule has 0 bridgehead atoms. The number of rotatable bonds is 7. The quantitative estimate of drug-likeness (QED) is 0.483. The molecule has 3 aromatic rings. The molecule has 5 nitrogen and oxygen atoms in total. The first-order valence-electron chi connectivity index (χ1n) is 8.38. The third-order valence-corrected chi connectivity index (χ3v) is 5.50. The van der Waals surface area contributed by atoms with E-state index < -0.39 is 17.5 Å². The summed E-state index contributed by atoms with van der Waals surface area (Å²) in [7, 11) is 0. The molecule has 0 saturated carbocycles. The molecule has 0 aliphatic carbocycles. The number of hydrogen-bond donors (Lipinski definition) is 3. The van der Waals surface area contributed by atoms with Gasteiger partial charge in [-0.05, 0) is 51.5 Å². The molecule has 4 N–H and O–H groups in total. The van der Waals surface area contributed by atoms with Gasteiger partial charge in [-0.1, -0.05) is 12.1 Å². The minimum absolute atomic E-state index is 0.233.